The second kappa shape index (κ2) is 2.52. The molecule has 2 nitrogen and oxygen atoms in total. The van der Waals surface area contributed by atoms with E-state index < -0.39 is 0 Å². The second-order valence-electron chi connectivity index (χ2n) is 2.99. The highest BCUT2D eigenvalue weighted by molar-refractivity contribution is 7.80. The molecule has 0 aliphatic heterocycles. The minimum atomic E-state index is 0.970. The van der Waals surface area contributed by atoms with E-state index in [0.717, 1.165) is 21.8 Å². The zero-order chi connectivity index (χ0) is 8.72. The Bertz CT molecular complexity index is 431. The Morgan fingerprint density at radius 2 is 2.08 bits per heavy atom. The third kappa shape index (κ3) is 1.10. The Morgan fingerprint density at radius 3 is 2.83 bits per heavy atom. The molecule has 2 aromatic rings. The summed E-state index contributed by atoms with van der Waals surface area (Å²) in [5.41, 5.74) is 3.22. The first-order valence-electron chi connectivity index (χ1n) is 3.82. The largest absolute Gasteiger partial charge is 0.305 e. The van der Waals surface area contributed by atoms with Crippen LogP contribution in [0.3, 0.4) is 0 Å². The van der Waals surface area contributed by atoms with Crippen molar-refractivity contribution in [2.45, 2.75) is 18.7 Å². The lowest BCUT2D eigenvalue weighted by Crippen LogP contribution is -1.86. The topological polar surface area (TPSA) is 17.3 Å². The lowest BCUT2D eigenvalue weighted by Gasteiger charge is -1.98. The predicted molar refractivity (Wildman–Crippen MR) is 51.9 cm³/mol. The van der Waals surface area contributed by atoms with Gasteiger partial charge in [-0.3, -0.25) is 0 Å². The van der Waals surface area contributed by atoms with Gasteiger partial charge in [-0.2, -0.15) is 0 Å². The van der Waals surface area contributed by atoms with Crippen LogP contribution in [0.1, 0.15) is 11.3 Å². The summed E-state index contributed by atoms with van der Waals surface area (Å²) in [5, 5.41) is 0. The first kappa shape index (κ1) is 7.68. The molecule has 2 aromatic heterocycles. The number of thiol groups is 1. The maximum Gasteiger partial charge on any atom is 0.139 e. The first-order valence-corrected chi connectivity index (χ1v) is 4.26. The van der Waals surface area contributed by atoms with Gasteiger partial charge in [0.2, 0.25) is 0 Å². The Balaban J connectivity index is 2.88. The van der Waals surface area contributed by atoms with Gasteiger partial charge < -0.3 is 4.40 Å². The van der Waals surface area contributed by atoms with E-state index in [2.05, 4.69) is 17.6 Å². The number of imidazole rings is 1. The monoisotopic (exact) mass is 178 g/mol. The molecule has 0 spiro atoms. The number of nitrogens with zero attached hydrogens (tertiary/aromatic N) is 2. The van der Waals surface area contributed by atoms with Crippen molar-refractivity contribution in [1.29, 1.82) is 0 Å². The summed E-state index contributed by atoms with van der Waals surface area (Å²) in [5.74, 6) is 0. The van der Waals surface area contributed by atoms with Crippen molar-refractivity contribution in [3.63, 3.8) is 0 Å². The van der Waals surface area contributed by atoms with E-state index in [1.807, 2.05) is 36.7 Å². The van der Waals surface area contributed by atoms with Crippen LogP contribution in [0.15, 0.2) is 23.4 Å². The van der Waals surface area contributed by atoms with E-state index in [9.17, 15) is 0 Å². The van der Waals surface area contributed by atoms with E-state index in [0.29, 0.717) is 0 Å². The molecule has 3 heteroatoms. The predicted octanol–water partition coefficient (Wildman–Crippen LogP) is 2.24. The van der Waals surface area contributed by atoms with Gasteiger partial charge in [-0.05, 0) is 25.5 Å². The van der Waals surface area contributed by atoms with E-state index in [1.54, 1.807) is 0 Å². The summed E-state index contributed by atoms with van der Waals surface area (Å²) in [6, 6.07) is 2.02. The number of fused-ring (bicyclic) bond motifs is 1. The van der Waals surface area contributed by atoms with Crippen molar-refractivity contribution in [2.75, 3.05) is 0 Å². The normalized spacial score (nSPS) is 10.9. The van der Waals surface area contributed by atoms with Gasteiger partial charge >= 0.3 is 0 Å². The highest BCUT2D eigenvalue weighted by atomic mass is 32.1. The summed E-state index contributed by atoms with van der Waals surface area (Å²) in [6.07, 6.45) is 3.97. The molecule has 0 aliphatic carbocycles. The molecule has 0 fully saturated rings. The van der Waals surface area contributed by atoms with Crippen LogP contribution in [0.25, 0.3) is 5.65 Å². The van der Waals surface area contributed by atoms with Crippen LogP contribution in [0, 0.1) is 13.8 Å². The molecule has 0 aliphatic rings. The average molecular weight is 178 g/mol. The zero-order valence-corrected chi connectivity index (χ0v) is 7.97. The van der Waals surface area contributed by atoms with Crippen molar-refractivity contribution < 1.29 is 0 Å². The second-order valence-corrected chi connectivity index (χ2v) is 3.51. The van der Waals surface area contributed by atoms with Gasteiger partial charge in [0.15, 0.2) is 0 Å². The van der Waals surface area contributed by atoms with Crippen molar-refractivity contribution in [1.82, 2.24) is 9.38 Å². The van der Waals surface area contributed by atoms with Gasteiger partial charge in [0, 0.05) is 17.3 Å². The first-order chi connectivity index (χ1) is 5.66. The molecule has 62 valence electrons. The quantitative estimate of drug-likeness (QED) is 0.612. The SMILES string of the molecule is Cc1cn2cc(S)cc(C)c2n1. The molecule has 0 aromatic carbocycles. The van der Waals surface area contributed by atoms with Gasteiger partial charge in [-0.25, -0.2) is 4.98 Å². The summed E-state index contributed by atoms with van der Waals surface area (Å²) >= 11 is 4.29. The summed E-state index contributed by atoms with van der Waals surface area (Å²) < 4.78 is 2.01. The van der Waals surface area contributed by atoms with Crippen molar-refractivity contribution >= 4 is 18.3 Å². The summed E-state index contributed by atoms with van der Waals surface area (Å²) in [6.45, 7) is 4.03. The van der Waals surface area contributed by atoms with Gasteiger partial charge in [0.1, 0.15) is 5.65 Å². The van der Waals surface area contributed by atoms with Crippen molar-refractivity contribution in [3.05, 3.63) is 29.7 Å². The fourth-order valence-corrected chi connectivity index (χ4v) is 1.69. The van der Waals surface area contributed by atoms with E-state index in [-0.39, 0.29) is 0 Å². The molecule has 2 heterocycles. The van der Waals surface area contributed by atoms with Crippen LogP contribution in [0.4, 0.5) is 0 Å². The summed E-state index contributed by atoms with van der Waals surface area (Å²) in [7, 11) is 0. The lowest BCUT2D eigenvalue weighted by atomic mass is 10.3. The number of pyridine rings is 1. The van der Waals surface area contributed by atoms with E-state index >= 15 is 0 Å². The minimum Gasteiger partial charge on any atom is -0.305 e. The van der Waals surface area contributed by atoms with Crippen LogP contribution in [0.5, 0.6) is 0 Å². The Morgan fingerprint density at radius 1 is 1.33 bits per heavy atom. The van der Waals surface area contributed by atoms with Crippen LogP contribution in [-0.4, -0.2) is 9.38 Å². The smallest absolute Gasteiger partial charge is 0.139 e. The average Bonchev–Trinajstić information content (AvgIpc) is 2.29. The van der Waals surface area contributed by atoms with Gasteiger partial charge in [0.05, 0.1) is 5.69 Å². The van der Waals surface area contributed by atoms with Gasteiger partial charge in [0.25, 0.3) is 0 Å². The Hall–Kier alpha value is -0.960. The van der Waals surface area contributed by atoms with Crippen LogP contribution in [0.2, 0.25) is 0 Å². The lowest BCUT2D eigenvalue weighted by molar-refractivity contribution is 1.11. The number of rotatable bonds is 0. The third-order valence-corrected chi connectivity index (χ3v) is 2.09. The molecule has 0 unspecified atom stereocenters. The van der Waals surface area contributed by atoms with E-state index in [1.165, 1.54) is 0 Å². The molecule has 0 N–H and O–H groups in total. The molecule has 0 saturated heterocycles. The minimum absolute atomic E-state index is 0.970. The standard InChI is InChI=1S/C9H10N2S/c1-6-3-8(12)5-11-4-7(2)10-9(6)11/h3-5,12H,1-2H3. The van der Waals surface area contributed by atoms with Crippen LogP contribution < -0.4 is 0 Å². The van der Waals surface area contributed by atoms with Crippen LogP contribution in [-0.2, 0) is 0 Å². The fourth-order valence-electron chi connectivity index (χ4n) is 1.37. The van der Waals surface area contributed by atoms with E-state index in [4.69, 9.17) is 0 Å². The van der Waals surface area contributed by atoms with Crippen LogP contribution >= 0.6 is 12.6 Å². The zero-order valence-electron chi connectivity index (χ0n) is 7.07. The number of aryl methyl sites for hydroxylation is 2. The maximum absolute atomic E-state index is 4.38. The number of hydrogen-bond donors (Lipinski definition) is 1. The number of hydrogen-bond acceptors (Lipinski definition) is 2. The molecule has 0 bridgehead atoms. The maximum atomic E-state index is 4.38. The highest BCUT2D eigenvalue weighted by Gasteiger charge is 2.00. The molecule has 0 radical (unpaired) electrons. The Kier molecular flexibility index (Phi) is 1.61. The molecule has 0 amide bonds. The molecule has 2 rings (SSSR count). The summed E-state index contributed by atoms with van der Waals surface area (Å²) in [4.78, 5) is 5.35. The molecular weight excluding hydrogens is 168 g/mol. The molecular formula is C9H10N2S. The van der Waals surface area contributed by atoms with Crippen molar-refractivity contribution in [3.8, 4) is 0 Å². The third-order valence-electron chi connectivity index (χ3n) is 1.84. The van der Waals surface area contributed by atoms with Crippen molar-refractivity contribution in [2.24, 2.45) is 0 Å². The van der Waals surface area contributed by atoms with Gasteiger partial charge in [-0.1, -0.05) is 0 Å². The Labute approximate surface area is 76.7 Å². The molecule has 0 saturated carbocycles. The highest BCUT2D eigenvalue weighted by Crippen LogP contribution is 2.14. The molecule has 0 atom stereocenters. The molecule has 12 heavy (non-hydrogen) atoms. The number of aromatic nitrogens is 2. The fraction of sp³-hybridized carbons (Fsp3) is 0.222. The van der Waals surface area contributed by atoms with Gasteiger partial charge in [-0.15, -0.1) is 12.6 Å².